The number of rotatable bonds is 5. The number of primary amides is 1. The summed E-state index contributed by atoms with van der Waals surface area (Å²) in [4.78, 5) is 10.7. The van der Waals surface area contributed by atoms with E-state index in [2.05, 4.69) is 20.7 Å². The first kappa shape index (κ1) is 14.9. The number of nitrogen functional groups attached to an aromatic ring is 1. The molecule has 18 heavy (non-hydrogen) atoms. The second kappa shape index (κ2) is 5.68. The Kier molecular flexibility index (Phi) is 4.71. The smallest absolute Gasteiger partial charge is 0.240 e. The summed E-state index contributed by atoms with van der Waals surface area (Å²) in [6.07, 6.45) is -0.0642. The maximum Gasteiger partial charge on any atom is 0.240 e. The van der Waals surface area contributed by atoms with Crippen LogP contribution < -0.4 is 16.2 Å². The molecular formula is C10H14BrN3O3S. The number of benzene rings is 1. The molecule has 1 aromatic carbocycles. The van der Waals surface area contributed by atoms with Crippen LogP contribution in [0.5, 0.6) is 0 Å². The normalized spacial score (nSPS) is 13.2. The van der Waals surface area contributed by atoms with Gasteiger partial charge in [0.25, 0.3) is 0 Å². The molecule has 5 N–H and O–H groups in total. The Bertz CT molecular complexity index is 559. The van der Waals surface area contributed by atoms with Crippen molar-refractivity contribution in [2.45, 2.75) is 24.3 Å². The molecule has 1 rings (SSSR count). The molecule has 1 aromatic rings. The average molecular weight is 336 g/mol. The van der Waals surface area contributed by atoms with Crippen molar-refractivity contribution in [1.29, 1.82) is 0 Å². The van der Waals surface area contributed by atoms with Crippen LogP contribution in [0.3, 0.4) is 0 Å². The van der Waals surface area contributed by atoms with Gasteiger partial charge in [-0.05, 0) is 41.1 Å². The summed E-state index contributed by atoms with van der Waals surface area (Å²) in [7, 11) is -3.70. The minimum Gasteiger partial charge on any atom is -0.398 e. The maximum atomic E-state index is 12.0. The fraction of sp³-hybridized carbons (Fsp3) is 0.300. The molecule has 0 radical (unpaired) electrons. The SMILES string of the molecule is CC(CC(N)=O)NS(=O)(=O)c1ccc(Br)c(N)c1. The highest BCUT2D eigenvalue weighted by atomic mass is 79.9. The summed E-state index contributed by atoms with van der Waals surface area (Å²) in [6, 6.07) is 3.73. The maximum absolute atomic E-state index is 12.0. The monoisotopic (exact) mass is 335 g/mol. The van der Waals surface area contributed by atoms with Crippen molar-refractivity contribution in [1.82, 2.24) is 4.72 Å². The Morgan fingerprint density at radius 3 is 2.61 bits per heavy atom. The lowest BCUT2D eigenvalue weighted by molar-refractivity contribution is -0.118. The Labute approximate surface area is 114 Å². The van der Waals surface area contributed by atoms with Crippen LogP contribution >= 0.6 is 15.9 Å². The summed E-state index contributed by atoms with van der Waals surface area (Å²) in [5.74, 6) is -0.569. The van der Waals surface area contributed by atoms with Crippen LogP contribution in [0, 0.1) is 0 Å². The van der Waals surface area contributed by atoms with E-state index in [0.29, 0.717) is 10.2 Å². The fourth-order valence-corrected chi connectivity index (χ4v) is 2.89. The molecular weight excluding hydrogens is 322 g/mol. The van der Waals surface area contributed by atoms with E-state index in [1.165, 1.54) is 12.1 Å². The molecule has 0 bridgehead atoms. The number of sulfonamides is 1. The number of carbonyl (C=O) groups is 1. The van der Waals surface area contributed by atoms with Gasteiger partial charge in [0.2, 0.25) is 15.9 Å². The van der Waals surface area contributed by atoms with Gasteiger partial charge in [0.05, 0.1) is 4.90 Å². The van der Waals surface area contributed by atoms with Crippen LogP contribution in [0.25, 0.3) is 0 Å². The number of halogens is 1. The van der Waals surface area contributed by atoms with Gasteiger partial charge in [0, 0.05) is 22.6 Å². The van der Waals surface area contributed by atoms with E-state index in [9.17, 15) is 13.2 Å². The molecule has 0 heterocycles. The van der Waals surface area contributed by atoms with Crippen LogP contribution in [0.15, 0.2) is 27.6 Å². The molecule has 0 spiro atoms. The largest absolute Gasteiger partial charge is 0.398 e. The van der Waals surface area contributed by atoms with Crippen molar-refractivity contribution in [2.75, 3.05) is 5.73 Å². The molecule has 0 saturated heterocycles. The highest BCUT2D eigenvalue weighted by Gasteiger charge is 2.19. The van der Waals surface area contributed by atoms with Gasteiger partial charge in [-0.1, -0.05) is 0 Å². The Balaban J connectivity index is 2.92. The van der Waals surface area contributed by atoms with E-state index < -0.39 is 22.0 Å². The fourth-order valence-electron chi connectivity index (χ4n) is 1.37. The molecule has 0 fully saturated rings. The quantitative estimate of drug-likeness (QED) is 0.682. The summed E-state index contributed by atoms with van der Waals surface area (Å²) in [5, 5.41) is 0. The first-order valence-corrected chi connectivity index (χ1v) is 7.35. The second-order valence-corrected chi connectivity index (χ2v) is 6.44. The van der Waals surface area contributed by atoms with Gasteiger partial charge in [-0.15, -0.1) is 0 Å². The minimum atomic E-state index is -3.70. The molecule has 0 saturated carbocycles. The van der Waals surface area contributed by atoms with E-state index in [1.54, 1.807) is 13.0 Å². The van der Waals surface area contributed by atoms with Crippen LogP contribution in [0.1, 0.15) is 13.3 Å². The first-order chi connectivity index (χ1) is 8.22. The number of amides is 1. The van der Waals surface area contributed by atoms with Crippen molar-refractivity contribution < 1.29 is 13.2 Å². The number of hydrogen-bond acceptors (Lipinski definition) is 4. The number of nitrogens with one attached hydrogen (secondary N) is 1. The Hall–Kier alpha value is -1.12. The molecule has 100 valence electrons. The lowest BCUT2D eigenvalue weighted by atomic mass is 10.2. The molecule has 0 aliphatic carbocycles. The van der Waals surface area contributed by atoms with Crippen molar-refractivity contribution in [3.05, 3.63) is 22.7 Å². The summed E-state index contributed by atoms with van der Waals surface area (Å²) < 4.78 is 26.9. The van der Waals surface area contributed by atoms with Gasteiger partial charge in [-0.2, -0.15) is 0 Å². The van der Waals surface area contributed by atoms with Gasteiger partial charge < -0.3 is 11.5 Å². The Morgan fingerprint density at radius 2 is 2.11 bits per heavy atom. The standard InChI is InChI=1S/C10H14BrN3O3S/c1-6(4-10(13)15)14-18(16,17)7-2-3-8(11)9(12)5-7/h2-3,5-6,14H,4,12H2,1H3,(H2,13,15). The van der Waals surface area contributed by atoms with Crippen LogP contribution in [-0.2, 0) is 14.8 Å². The second-order valence-electron chi connectivity index (χ2n) is 3.88. The minimum absolute atomic E-state index is 0.0412. The lowest BCUT2D eigenvalue weighted by Crippen LogP contribution is -2.35. The van der Waals surface area contributed by atoms with Gasteiger partial charge in [0.1, 0.15) is 0 Å². The topological polar surface area (TPSA) is 115 Å². The number of nitrogens with two attached hydrogens (primary N) is 2. The molecule has 0 aliphatic heterocycles. The van der Waals surface area contributed by atoms with Crippen LogP contribution in [0.4, 0.5) is 5.69 Å². The third kappa shape index (κ3) is 3.97. The molecule has 0 aliphatic rings. The average Bonchev–Trinajstić information content (AvgIpc) is 2.19. The summed E-state index contributed by atoms with van der Waals surface area (Å²) >= 11 is 3.18. The predicted octanol–water partition coefficient (Wildman–Crippen LogP) is 0.574. The van der Waals surface area contributed by atoms with Crippen molar-refractivity contribution in [3.63, 3.8) is 0 Å². The van der Waals surface area contributed by atoms with E-state index in [4.69, 9.17) is 11.5 Å². The number of anilines is 1. The molecule has 1 amide bonds. The third-order valence-electron chi connectivity index (χ3n) is 2.14. The van der Waals surface area contributed by atoms with Gasteiger partial charge in [0.15, 0.2) is 0 Å². The lowest BCUT2D eigenvalue weighted by Gasteiger charge is -2.13. The third-order valence-corrected chi connectivity index (χ3v) is 4.45. The van der Waals surface area contributed by atoms with E-state index in [0.717, 1.165) is 0 Å². The predicted molar refractivity (Wildman–Crippen MR) is 72.1 cm³/mol. The number of carbonyl (C=O) groups excluding carboxylic acids is 1. The molecule has 1 atom stereocenters. The highest BCUT2D eigenvalue weighted by molar-refractivity contribution is 9.10. The molecule has 6 nitrogen and oxygen atoms in total. The van der Waals surface area contributed by atoms with E-state index in [1.807, 2.05) is 0 Å². The summed E-state index contributed by atoms with van der Waals surface area (Å²) in [6.45, 7) is 1.56. The van der Waals surface area contributed by atoms with Crippen LogP contribution in [-0.4, -0.2) is 20.4 Å². The van der Waals surface area contributed by atoms with Gasteiger partial charge >= 0.3 is 0 Å². The molecule has 8 heteroatoms. The Morgan fingerprint density at radius 1 is 1.50 bits per heavy atom. The van der Waals surface area contributed by atoms with E-state index >= 15 is 0 Å². The molecule has 1 unspecified atom stereocenters. The number of hydrogen-bond donors (Lipinski definition) is 3. The summed E-state index contributed by atoms with van der Waals surface area (Å²) in [5.41, 5.74) is 10.9. The van der Waals surface area contributed by atoms with Crippen molar-refractivity contribution in [2.24, 2.45) is 5.73 Å². The highest BCUT2D eigenvalue weighted by Crippen LogP contribution is 2.22. The molecule has 0 aromatic heterocycles. The van der Waals surface area contributed by atoms with E-state index in [-0.39, 0.29) is 11.3 Å². The van der Waals surface area contributed by atoms with Crippen LogP contribution in [0.2, 0.25) is 0 Å². The van der Waals surface area contributed by atoms with Gasteiger partial charge in [-0.3, -0.25) is 4.79 Å². The van der Waals surface area contributed by atoms with Gasteiger partial charge in [-0.25, -0.2) is 13.1 Å². The van der Waals surface area contributed by atoms with Crippen molar-refractivity contribution in [3.8, 4) is 0 Å². The zero-order valence-corrected chi connectivity index (χ0v) is 12.1. The first-order valence-electron chi connectivity index (χ1n) is 5.08. The van der Waals surface area contributed by atoms with Crippen molar-refractivity contribution >= 4 is 37.5 Å². The zero-order chi connectivity index (χ0) is 13.9. The zero-order valence-electron chi connectivity index (χ0n) is 9.68.